The lowest BCUT2D eigenvalue weighted by atomic mass is 10.1. The van der Waals surface area contributed by atoms with Crippen molar-refractivity contribution >= 4 is 39.3 Å². The minimum atomic E-state index is -0.457. The highest BCUT2D eigenvalue weighted by Gasteiger charge is 2.07. The first-order valence-corrected chi connectivity index (χ1v) is 6.47. The first kappa shape index (κ1) is 12.3. The largest absolute Gasteiger partial charge is 0.355 e. The monoisotopic (exact) mass is 289 g/mol. The van der Waals surface area contributed by atoms with Crippen molar-refractivity contribution in [3.05, 3.63) is 59.1 Å². The fourth-order valence-corrected chi connectivity index (χ4v) is 2.37. The molecule has 0 bridgehead atoms. The van der Waals surface area contributed by atoms with E-state index in [1.165, 1.54) is 0 Å². The van der Waals surface area contributed by atoms with Crippen LogP contribution in [0.2, 0.25) is 5.02 Å². The molecule has 2 nitrogen and oxygen atoms in total. The zero-order valence-corrected chi connectivity index (χ0v) is 11.3. The van der Waals surface area contributed by atoms with Gasteiger partial charge >= 0.3 is 0 Å². The maximum Gasteiger partial charge on any atom is 0.252 e. The summed E-state index contributed by atoms with van der Waals surface area (Å²) in [5.41, 5.74) is 3.33. The van der Waals surface area contributed by atoms with Crippen molar-refractivity contribution in [1.82, 2.24) is 4.98 Å². The summed E-state index contributed by atoms with van der Waals surface area (Å²) in [6.07, 6.45) is 0. The summed E-state index contributed by atoms with van der Waals surface area (Å²) in [6.45, 7) is 0. The van der Waals surface area contributed by atoms with Gasteiger partial charge in [-0.25, -0.2) is 0 Å². The third kappa shape index (κ3) is 2.37. The minimum Gasteiger partial charge on any atom is -0.355 e. The molecule has 2 aromatic carbocycles. The Balaban J connectivity index is 2.13. The van der Waals surface area contributed by atoms with Gasteiger partial charge in [0.2, 0.25) is 0 Å². The average Bonchev–Trinajstić information content (AvgIpc) is 2.81. The van der Waals surface area contributed by atoms with Crippen molar-refractivity contribution in [2.24, 2.45) is 0 Å². The van der Waals surface area contributed by atoms with E-state index in [9.17, 15) is 4.79 Å². The highest BCUT2D eigenvalue weighted by Crippen LogP contribution is 2.27. The zero-order valence-electron chi connectivity index (χ0n) is 9.78. The molecule has 0 saturated heterocycles. The van der Waals surface area contributed by atoms with Crippen LogP contribution < -0.4 is 0 Å². The SMILES string of the molecule is O=C(Cl)c1cccc(-c2cc3cc(Cl)ccc3[nH]2)c1. The number of halogens is 2. The molecule has 0 unspecified atom stereocenters. The molecule has 1 heterocycles. The number of aromatic amines is 1. The molecule has 0 atom stereocenters. The van der Waals surface area contributed by atoms with Gasteiger partial charge in [-0.1, -0.05) is 29.8 Å². The summed E-state index contributed by atoms with van der Waals surface area (Å²) < 4.78 is 0. The van der Waals surface area contributed by atoms with Crippen LogP contribution in [0.3, 0.4) is 0 Å². The summed E-state index contributed by atoms with van der Waals surface area (Å²) in [4.78, 5) is 14.5. The molecule has 0 aliphatic rings. The van der Waals surface area contributed by atoms with Crippen LogP contribution in [-0.4, -0.2) is 10.2 Å². The normalized spacial score (nSPS) is 10.8. The molecular weight excluding hydrogens is 281 g/mol. The van der Waals surface area contributed by atoms with Gasteiger partial charge in [-0.2, -0.15) is 0 Å². The Morgan fingerprint density at radius 1 is 1.05 bits per heavy atom. The molecule has 1 N–H and O–H groups in total. The summed E-state index contributed by atoms with van der Waals surface area (Å²) >= 11 is 11.5. The van der Waals surface area contributed by atoms with Crippen LogP contribution in [0.1, 0.15) is 10.4 Å². The summed E-state index contributed by atoms with van der Waals surface area (Å²) in [5, 5.41) is 1.27. The predicted molar refractivity (Wildman–Crippen MR) is 78.9 cm³/mol. The fraction of sp³-hybridized carbons (Fsp3) is 0. The molecule has 0 amide bonds. The number of hydrogen-bond donors (Lipinski definition) is 1. The van der Waals surface area contributed by atoms with Gasteiger partial charge < -0.3 is 4.98 Å². The molecule has 3 aromatic rings. The number of rotatable bonds is 2. The van der Waals surface area contributed by atoms with Crippen molar-refractivity contribution in [3.8, 4) is 11.3 Å². The molecule has 0 spiro atoms. The predicted octanol–water partition coefficient (Wildman–Crippen LogP) is 4.87. The van der Waals surface area contributed by atoms with Gasteiger partial charge in [0.05, 0.1) is 0 Å². The fourth-order valence-electron chi connectivity index (χ4n) is 2.07. The van der Waals surface area contributed by atoms with Crippen LogP contribution >= 0.6 is 23.2 Å². The quantitative estimate of drug-likeness (QED) is 0.671. The Morgan fingerprint density at radius 3 is 2.68 bits per heavy atom. The third-order valence-electron chi connectivity index (χ3n) is 2.98. The maximum atomic E-state index is 11.2. The van der Waals surface area contributed by atoms with Gasteiger partial charge in [0, 0.05) is 27.2 Å². The Bertz CT molecular complexity index is 777. The van der Waals surface area contributed by atoms with Crippen molar-refractivity contribution in [3.63, 3.8) is 0 Å². The zero-order chi connectivity index (χ0) is 13.4. The number of fused-ring (bicyclic) bond motifs is 1. The Hall–Kier alpha value is -1.77. The number of hydrogen-bond acceptors (Lipinski definition) is 1. The van der Waals surface area contributed by atoms with Crippen molar-refractivity contribution in [1.29, 1.82) is 0 Å². The number of carbonyl (C=O) groups excluding carboxylic acids is 1. The lowest BCUT2D eigenvalue weighted by Gasteiger charge is -1.99. The van der Waals surface area contributed by atoms with Crippen LogP contribution in [0, 0.1) is 0 Å². The van der Waals surface area contributed by atoms with E-state index in [-0.39, 0.29) is 0 Å². The molecular formula is C15H9Cl2NO. The Kier molecular flexibility index (Phi) is 3.05. The molecule has 4 heteroatoms. The van der Waals surface area contributed by atoms with Crippen LogP contribution in [0.4, 0.5) is 0 Å². The standard InChI is InChI=1S/C15H9Cl2NO/c16-12-4-5-13-11(7-12)8-14(18-13)9-2-1-3-10(6-9)15(17)19/h1-8,18H. The van der Waals surface area contributed by atoms with Gasteiger partial charge in [-0.15, -0.1) is 0 Å². The van der Waals surface area contributed by atoms with E-state index in [0.717, 1.165) is 22.2 Å². The highest BCUT2D eigenvalue weighted by atomic mass is 35.5. The summed E-state index contributed by atoms with van der Waals surface area (Å²) in [5.74, 6) is 0. The molecule has 19 heavy (non-hydrogen) atoms. The first-order valence-electron chi connectivity index (χ1n) is 5.72. The molecule has 94 valence electrons. The van der Waals surface area contributed by atoms with Gasteiger partial charge in [0.15, 0.2) is 0 Å². The Morgan fingerprint density at radius 2 is 1.89 bits per heavy atom. The summed E-state index contributed by atoms with van der Waals surface area (Å²) in [7, 11) is 0. The average molecular weight is 290 g/mol. The van der Waals surface area contributed by atoms with E-state index in [4.69, 9.17) is 23.2 Å². The second kappa shape index (κ2) is 4.72. The van der Waals surface area contributed by atoms with Gasteiger partial charge in [-0.3, -0.25) is 4.79 Å². The number of aromatic nitrogens is 1. The van der Waals surface area contributed by atoms with Crippen molar-refractivity contribution < 1.29 is 4.79 Å². The van der Waals surface area contributed by atoms with Crippen LogP contribution in [-0.2, 0) is 0 Å². The molecule has 0 saturated carbocycles. The smallest absolute Gasteiger partial charge is 0.252 e. The highest BCUT2D eigenvalue weighted by molar-refractivity contribution is 6.67. The summed E-state index contributed by atoms with van der Waals surface area (Å²) in [6, 6.07) is 14.9. The number of nitrogens with one attached hydrogen (secondary N) is 1. The van der Waals surface area contributed by atoms with Gasteiger partial charge in [-0.05, 0) is 47.5 Å². The number of benzene rings is 2. The first-order chi connectivity index (χ1) is 9.13. The molecule has 3 rings (SSSR count). The number of H-pyrrole nitrogens is 1. The van der Waals surface area contributed by atoms with Crippen molar-refractivity contribution in [2.45, 2.75) is 0 Å². The third-order valence-corrected chi connectivity index (χ3v) is 3.44. The van der Waals surface area contributed by atoms with E-state index in [0.29, 0.717) is 10.6 Å². The molecule has 0 aliphatic carbocycles. The maximum absolute atomic E-state index is 11.2. The molecule has 0 fully saturated rings. The van der Waals surface area contributed by atoms with Crippen LogP contribution in [0.15, 0.2) is 48.5 Å². The lowest BCUT2D eigenvalue weighted by Crippen LogP contribution is -1.88. The molecule has 0 radical (unpaired) electrons. The molecule has 1 aromatic heterocycles. The molecule has 0 aliphatic heterocycles. The Labute approximate surface area is 120 Å². The van der Waals surface area contributed by atoms with E-state index >= 15 is 0 Å². The lowest BCUT2D eigenvalue weighted by molar-refractivity contribution is 0.108. The van der Waals surface area contributed by atoms with E-state index < -0.39 is 5.24 Å². The number of carbonyl (C=O) groups is 1. The van der Waals surface area contributed by atoms with E-state index in [2.05, 4.69) is 4.98 Å². The van der Waals surface area contributed by atoms with Crippen molar-refractivity contribution in [2.75, 3.05) is 0 Å². The van der Waals surface area contributed by atoms with E-state index in [1.807, 2.05) is 36.4 Å². The minimum absolute atomic E-state index is 0.457. The second-order valence-corrected chi connectivity index (χ2v) is 5.05. The van der Waals surface area contributed by atoms with Gasteiger partial charge in [0.25, 0.3) is 5.24 Å². The topological polar surface area (TPSA) is 32.9 Å². The van der Waals surface area contributed by atoms with Gasteiger partial charge in [0.1, 0.15) is 0 Å². The van der Waals surface area contributed by atoms with Crippen LogP contribution in [0.25, 0.3) is 22.2 Å². The van der Waals surface area contributed by atoms with E-state index in [1.54, 1.807) is 12.1 Å². The second-order valence-electron chi connectivity index (χ2n) is 4.27. The van der Waals surface area contributed by atoms with Crippen LogP contribution in [0.5, 0.6) is 0 Å².